The van der Waals surface area contributed by atoms with Crippen molar-refractivity contribution in [3.8, 4) is 5.75 Å². The average Bonchev–Trinajstić information content (AvgIpc) is 2.30. The summed E-state index contributed by atoms with van der Waals surface area (Å²) >= 11 is 5.77. The van der Waals surface area contributed by atoms with Crippen LogP contribution in [0.5, 0.6) is 5.75 Å². The van der Waals surface area contributed by atoms with E-state index >= 15 is 0 Å². The molecule has 0 aliphatic heterocycles. The summed E-state index contributed by atoms with van der Waals surface area (Å²) in [5, 5.41) is 0.724. The van der Waals surface area contributed by atoms with E-state index in [0.717, 1.165) is 16.3 Å². The first kappa shape index (κ1) is 10.1. The van der Waals surface area contributed by atoms with Gasteiger partial charge in [0, 0.05) is 5.02 Å². The molecule has 2 aromatic carbocycles. The molecule has 0 atom stereocenters. The van der Waals surface area contributed by atoms with Crippen LogP contribution in [0, 0.1) is 0 Å². The second kappa shape index (κ2) is 4.85. The molecule has 0 amide bonds. The molecule has 2 rings (SSSR count). The van der Waals surface area contributed by atoms with Gasteiger partial charge in [0.2, 0.25) is 0 Å². The lowest BCUT2D eigenvalue weighted by atomic mass is 10.2. The third-order valence-electron chi connectivity index (χ3n) is 2.06. The van der Waals surface area contributed by atoms with E-state index < -0.39 is 0 Å². The summed E-state index contributed by atoms with van der Waals surface area (Å²) in [4.78, 5) is 0. The van der Waals surface area contributed by atoms with Gasteiger partial charge in [-0.05, 0) is 29.8 Å². The molecule has 2 heteroatoms. The molecule has 0 aliphatic rings. The molecule has 1 nitrogen and oxygen atoms in total. The summed E-state index contributed by atoms with van der Waals surface area (Å²) in [6.45, 7) is 0.586. The van der Waals surface area contributed by atoms with Crippen LogP contribution in [-0.4, -0.2) is 0 Å². The van der Waals surface area contributed by atoms with Crippen LogP contribution in [0.1, 0.15) is 5.56 Å². The molecule has 0 radical (unpaired) electrons. The SMILES string of the molecule is Clc1ccc(OCc2ccccc2)cc1. The quantitative estimate of drug-likeness (QED) is 0.759. The zero-order valence-corrected chi connectivity index (χ0v) is 8.95. The van der Waals surface area contributed by atoms with Gasteiger partial charge >= 0.3 is 0 Å². The molecule has 0 aromatic heterocycles. The Kier molecular flexibility index (Phi) is 3.25. The maximum absolute atomic E-state index is 5.77. The topological polar surface area (TPSA) is 9.23 Å². The molecule has 2 aromatic rings. The third kappa shape index (κ3) is 3.00. The van der Waals surface area contributed by atoms with Gasteiger partial charge in [-0.1, -0.05) is 41.9 Å². The van der Waals surface area contributed by atoms with E-state index in [-0.39, 0.29) is 0 Å². The van der Waals surface area contributed by atoms with Crippen molar-refractivity contribution in [2.45, 2.75) is 6.61 Å². The lowest BCUT2D eigenvalue weighted by Gasteiger charge is -2.05. The lowest BCUT2D eigenvalue weighted by molar-refractivity contribution is 0.306. The Labute approximate surface area is 94.3 Å². The number of ether oxygens (including phenoxy) is 1. The summed E-state index contributed by atoms with van der Waals surface area (Å²) in [5.41, 5.74) is 1.16. The molecule has 0 saturated carbocycles. The van der Waals surface area contributed by atoms with Gasteiger partial charge in [-0.15, -0.1) is 0 Å². The maximum atomic E-state index is 5.77. The standard InChI is InChI=1S/C13H11ClO/c14-12-6-8-13(9-7-12)15-10-11-4-2-1-3-5-11/h1-9H,10H2. The van der Waals surface area contributed by atoms with Crippen molar-refractivity contribution < 1.29 is 4.74 Å². The van der Waals surface area contributed by atoms with E-state index in [0.29, 0.717) is 6.61 Å². The van der Waals surface area contributed by atoms with E-state index in [1.54, 1.807) is 0 Å². The molecule has 0 saturated heterocycles. The minimum Gasteiger partial charge on any atom is -0.489 e. The van der Waals surface area contributed by atoms with Gasteiger partial charge < -0.3 is 4.74 Å². The predicted molar refractivity (Wildman–Crippen MR) is 62.2 cm³/mol. The Morgan fingerprint density at radius 3 is 2.20 bits per heavy atom. The van der Waals surface area contributed by atoms with Gasteiger partial charge in [-0.2, -0.15) is 0 Å². The van der Waals surface area contributed by atoms with Gasteiger partial charge in [-0.3, -0.25) is 0 Å². The number of halogens is 1. The highest BCUT2D eigenvalue weighted by molar-refractivity contribution is 6.30. The second-order valence-corrected chi connectivity index (χ2v) is 3.66. The van der Waals surface area contributed by atoms with Crippen molar-refractivity contribution in [3.05, 3.63) is 65.2 Å². The Bertz CT molecular complexity index is 408. The molecule has 15 heavy (non-hydrogen) atoms. The van der Waals surface area contributed by atoms with E-state index in [1.165, 1.54) is 0 Å². The summed E-state index contributed by atoms with van der Waals surface area (Å²) in [6, 6.07) is 17.4. The zero-order chi connectivity index (χ0) is 10.5. The Morgan fingerprint density at radius 2 is 1.53 bits per heavy atom. The van der Waals surface area contributed by atoms with Crippen LogP contribution >= 0.6 is 11.6 Å². The fraction of sp³-hybridized carbons (Fsp3) is 0.0769. The van der Waals surface area contributed by atoms with E-state index in [4.69, 9.17) is 16.3 Å². The lowest BCUT2D eigenvalue weighted by Crippen LogP contribution is -1.94. The molecule has 0 spiro atoms. The largest absolute Gasteiger partial charge is 0.489 e. The van der Waals surface area contributed by atoms with Gasteiger partial charge in [0.1, 0.15) is 12.4 Å². The highest BCUT2D eigenvalue weighted by atomic mass is 35.5. The number of hydrogen-bond donors (Lipinski definition) is 0. The monoisotopic (exact) mass is 218 g/mol. The minimum absolute atomic E-state index is 0.586. The Hall–Kier alpha value is -1.47. The molecule has 0 N–H and O–H groups in total. The third-order valence-corrected chi connectivity index (χ3v) is 2.31. The molecule has 0 heterocycles. The smallest absolute Gasteiger partial charge is 0.119 e. The first-order chi connectivity index (χ1) is 7.34. The number of hydrogen-bond acceptors (Lipinski definition) is 1. The van der Waals surface area contributed by atoms with Crippen LogP contribution in [0.4, 0.5) is 0 Å². The van der Waals surface area contributed by atoms with Gasteiger partial charge in [0.15, 0.2) is 0 Å². The van der Waals surface area contributed by atoms with E-state index in [9.17, 15) is 0 Å². The van der Waals surface area contributed by atoms with Crippen molar-refractivity contribution >= 4 is 11.6 Å². The van der Waals surface area contributed by atoms with Crippen LogP contribution in [0.2, 0.25) is 5.02 Å². The molecule has 0 aliphatic carbocycles. The van der Waals surface area contributed by atoms with Crippen LogP contribution in [0.25, 0.3) is 0 Å². The summed E-state index contributed by atoms with van der Waals surface area (Å²) < 4.78 is 5.59. The van der Waals surface area contributed by atoms with Crippen molar-refractivity contribution in [1.29, 1.82) is 0 Å². The van der Waals surface area contributed by atoms with Crippen molar-refractivity contribution in [1.82, 2.24) is 0 Å². The molecule has 76 valence electrons. The van der Waals surface area contributed by atoms with Crippen molar-refractivity contribution in [3.63, 3.8) is 0 Å². The van der Waals surface area contributed by atoms with Gasteiger partial charge in [-0.25, -0.2) is 0 Å². The van der Waals surface area contributed by atoms with Gasteiger partial charge in [0.05, 0.1) is 0 Å². The number of benzene rings is 2. The van der Waals surface area contributed by atoms with Crippen LogP contribution in [0.3, 0.4) is 0 Å². The summed E-state index contributed by atoms with van der Waals surface area (Å²) in [6.07, 6.45) is 0. The minimum atomic E-state index is 0.586. The molecule has 0 unspecified atom stereocenters. The van der Waals surface area contributed by atoms with Crippen molar-refractivity contribution in [2.24, 2.45) is 0 Å². The highest BCUT2D eigenvalue weighted by Crippen LogP contribution is 2.16. The Balaban J connectivity index is 1.96. The Morgan fingerprint density at radius 1 is 0.867 bits per heavy atom. The fourth-order valence-electron chi connectivity index (χ4n) is 1.27. The summed E-state index contributed by atoms with van der Waals surface area (Å²) in [7, 11) is 0. The molecular formula is C13H11ClO. The maximum Gasteiger partial charge on any atom is 0.119 e. The average molecular weight is 219 g/mol. The van der Waals surface area contributed by atoms with E-state index in [1.807, 2.05) is 54.6 Å². The number of rotatable bonds is 3. The molecule has 0 fully saturated rings. The first-order valence-corrected chi connectivity index (χ1v) is 5.15. The predicted octanol–water partition coefficient (Wildman–Crippen LogP) is 3.92. The molecule has 0 bridgehead atoms. The highest BCUT2D eigenvalue weighted by Gasteiger charge is 1.94. The zero-order valence-electron chi connectivity index (χ0n) is 8.19. The van der Waals surface area contributed by atoms with Crippen LogP contribution in [0.15, 0.2) is 54.6 Å². The van der Waals surface area contributed by atoms with E-state index in [2.05, 4.69) is 0 Å². The fourth-order valence-corrected chi connectivity index (χ4v) is 1.40. The van der Waals surface area contributed by atoms with Crippen LogP contribution in [-0.2, 0) is 6.61 Å². The van der Waals surface area contributed by atoms with Crippen LogP contribution < -0.4 is 4.74 Å². The second-order valence-electron chi connectivity index (χ2n) is 3.23. The van der Waals surface area contributed by atoms with Gasteiger partial charge in [0.25, 0.3) is 0 Å². The van der Waals surface area contributed by atoms with Crippen molar-refractivity contribution in [2.75, 3.05) is 0 Å². The molecular weight excluding hydrogens is 208 g/mol. The summed E-state index contributed by atoms with van der Waals surface area (Å²) in [5.74, 6) is 0.836. The first-order valence-electron chi connectivity index (χ1n) is 4.77. The normalized spacial score (nSPS) is 9.93.